The lowest BCUT2D eigenvalue weighted by atomic mass is 10.1. The molecule has 112 valence electrons. The molecular formula is C14H21ClN2O2S. The van der Waals surface area contributed by atoms with Gasteiger partial charge < -0.3 is 5.32 Å². The number of nitrogens with zero attached hydrogens (tertiary/aromatic N) is 1. The summed E-state index contributed by atoms with van der Waals surface area (Å²) in [5.74, 6) is 0. The highest BCUT2D eigenvalue weighted by Crippen LogP contribution is 2.18. The Hall–Kier alpha value is -0.620. The molecule has 0 unspecified atom stereocenters. The van der Waals surface area contributed by atoms with E-state index in [4.69, 9.17) is 11.6 Å². The molecule has 1 aromatic carbocycles. The standard InChI is InChI=1S/C14H21ClN2O2S/c1-11-3-4-12(9-14(11)15)10-16-13-5-7-17(8-6-13)20(2,18)19/h3-4,9,13,16H,5-8,10H2,1-2H3. The van der Waals surface area contributed by atoms with Crippen LogP contribution in [-0.2, 0) is 16.6 Å². The Morgan fingerprint density at radius 1 is 1.35 bits per heavy atom. The van der Waals surface area contributed by atoms with Gasteiger partial charge in [-0.15, -0.1) is 0 Å². The predicted molar refractivity (Wildman–Crippen MR) is 82.5 cm³/mol. The quantitative estimate of drug-likeness (QED) is 0.926. The number of benzene rings is 1. The lowest BCUT2D eigenvalue weighted by Crippen LogP contribution is -2.44. The van der Waals surface area contributed by atoms with E-state index < -0.39 is 10.0 Å². The lowest BCUT2D eigenvalue weighted by Gasteiger charge is -2.30. The second-order valence-electron chi connectivity index (χ2n) is 5.40. The van der Waals surface area contributed by atoms with Crippen LogP contribution in [-0.4, -0.2) is 38.1 Å². The van der Waals surface area contributed by atoms with Crippen molar-refractivity contribution < 1.29 is 8.42 Å². The van der Waals surface area contributed by atoms with Crippen molar-refractivity contribution in [3.05, 3.63) is 34.3 Å². The molecule has 1 saturated heterocycles. The molecule has 0 spiro atoms. The molecule has 0 saturated carbocycles. The predicted octanol–water partition coefficient (Wildman–Crippen LogP) is 2.16. The molecule has 0 atom stereocenters. The number of aryl methyl sites for hydroxylation is 1. The normalized spacial score (nSPS) is 18.4. The van der Waals surface area contributed by atoms with Crippen molar-refractivity contribution in [2.24, 2.45) is 0 Å². The fourth-order valence-electron chi connectivity index (χ4n) is 2.40. The van der Waals surface area contributed by atoms with E-state index in [0.717, 1.165) is 35.5 Å². The van der Waals surface area contributed by atoms with Gasteiger partial charge in [0.2, 0.25) is 10.0 Å². The largest absolute Gasteiger partial charge is 0.310 e. The Labute approximate surface area is 126 Å². The van der Waals surface area contributed by atoms with Crippen LogP contribution in [0.5, 0.6) is 0 Å². The van der Waals surface area contributed by atoms with Gasteiger partial charge in [0.05, 0.1) is 6.26 Å². The molecule has 1 N–H and O–H groups in total. The molecule has 0 radical (unpaired) electrons. The van der Waals surface area contributed by atoms with Crippen LogP contribution < -0.4 is 5.32 Å². The molecule has 1 heterocycles. The maximum atomic E-state index is 11.4. The van der Waals surface area contributed by atoms with Crippen molar-refractivity contribution in [1.29, 1.82) is 0 Å². The molecule has 4 nitrogen and oxygen atoms in total. The van der Waals surface area contributed by atoms with Gasteiger partial charge in [-0.3, -0.25) is 0 Å². The minimum absolute atomic E-state index is 0.369. The summed E-state index contributed by atoms with van der Waals surface area (Å²) in [5, 5.41) is 4.26. The molecule has 20 heavy (non-hydrogen) atoms. The van der Waals surface area contributed by atoms with Crippen molar-refractivity contribution in [3.8, 4) is 0 Å². The SMILES string of the molecule is Cc1ccc(CNC2CCN(S(C)(=O)=O)CC2)cc1Cl. The number of hydrogen-bond donors (Lipinski definition) is 1. The zero-order valence-electron chi connectivity index (χ0n) is 11.9. The molecule has 0 aromatic heterocycles. The Bertz CT molecular complexity index is 567. The van der Waals surface area contributed by atoms with Gasteiger partial charge in [0.1, 0.15) is 0 Å². The third-order valence-corrected chi connectivity index (χ3v) is 5.46. The average molecular weight is 317 g/mol. The third kappa shape index (κ3) is 4.19. The molecule has 1 aliphatic rings. The fraction of sp³-hybridized carbons (Fsp3) is 0.571. The highest BCUT2D eigenvalue weighted by Gasteiger charge is 2.24. The zero-order valence-corrected chi connectivity index (χ0v) is 13.5. The topological polar surface area (TPSA) is 49.4 Å². The van der Waals surface area contributed by atoms with E-state index in [0.29, 0.717) is 19.1 Å². The van der Waals surface area contributed by atoms with Gasteiger partial charge in [0.25, 0.3) is 0 Å². The maximum Gasteiger partial charge on any atom is 0.211 e. The zero-order chi connectivity index (χ0) is 14.8. The molecule has 0 bridgehead atoms. The summed E-state index contributed by atoms with van der Waals surface area (Å²) in [6.45, 7) is 3.96. The van der Waals surface area contributed by atoms with E-state index in [1.165, 1.54) is 6.26 Å². The van der Waals surface area contributed by atoms with Crippen LogP contribution in [0.1, 0.15) is 24.0 Å². The third-order valence-electron chi connectivity index (χ3n) is 3.75. The van der Waals surface area contributed by atoms with E-state index >= 15 is 0 Å². The Kier molecular flexibility index (Phi) is 5.07. The van der Waals surface area contributed by atoms with Gasteiger partial charge >= 0.3 is 0 Å². The van der Waals surface area contributed by atoms with Crippen LogP contribution in [0.15, 0.2) is 18.2 Å². The van der Waals surface area contributed by atoms with E-state index in [2.05, 4.69) is 11.4 Å². The number of hydrogen-bond acceptors (Lipinski definition) is 3. The second kappa shape index (κ2) is 6.43. The number of sulfonamides is 1. The smallest absolute Gasteiger partial charge is 0.211 e. The summed E-state index contributed by atoms with van der Waals surface area (Å²) in [6.07, 6.45) is 2.98. The molecule has 6 heteroatoms. The monoisotopic (exact) mass is 316 g/mol. The van der Waals surface area contributed by atoms with Crippen molar-refractivity contribution >= 4 is 21.6 Å². The van der Waals surface area contributed by atoms with Crippen molar-refractivity contribution in [1.82, 2.24) is 9.62 Å². The highest BCUT2D eigenvalue weighted by molar-refractivity contribution is 7.88. The van der Waals surface area contributed by atoms with Crippen molar-refractivity contribution in [2.45, 2.75) is 32.4 Å². The molecule has 1 aliphatic heterocycles. The first kappa shape index (κ1) is 15.8. The van der Waals surface area contributed by atoms with Gasteiger partial charge in [-0.1, -0.05) is 23.7 Å². The van der Waals surface area contributed by atoms with Crippen LogP contribution in [0.2, 0.25) is 5.02 Å². The van der Waals surface area contributed by atoms with Crippen LogP contribution in [0.4, 0.5) is 0 Å². The molecule has 1 aromatic rings. The first-order valence-corrected chi connectivity index (χ1v) is 9.02. The summed E-state index contributed by atoms with van der Waals surface area (Å²) in [7, 11) is -3.04. The Balaban J connectivity index is 1.83. The second-order valence-corrected chi connectivity index (χ2v) is 7.79. The number of piperidine rings is 1. The van der Waals surface area contributed by atoms with Gasteiger partial charge in [-0.2, -0.15) is 0 Å². The fourth-order valence-corrected chi connectivity index (χ4v) is 3.48. The minimum atomic E-state index is -3.04. The van der Waals surface area contributed by atoms with Crippen molar-refractivity contribution in [2.75, 3.05) is 19.3 Å². The van der Waals surface area contributed by atoms with Crippen LogP contribution in [0.25, 0.3) is 0 Å². The minimum Gasteiger partial charge on any atom is -0.310 e. The summed E-state index contributed by atoms with van der Waals surface area (Å²) in [5.41, 5.74) is 2.24. The Morgan fingerprint density at radius 2 is 2.00 bits per heavy atom. The first-order valence-electron chi connectivity index (χ1n) is 6.80. The first-order chi connectivity index (χ1) is 9.36. The van der Waals surface area contributed by atoms with E-state index in [9.17, 15) is 8.42 Å². The maximum absolute atomic E-state index is 11.4. The molecule has 2 rings (SSSR count). The van der Waals surface area contributed by atoms with Gasteiger partial charge in [0.15, 0.2) is 0 Å². The van der Waals surface area contributed by atoms with Crippen LogP contribution in [0.3, 0.4) is 0 Å². The van der Waals surface area contributed by atoms with E-state index in [-0.39, 0.29) is 0 Å². The Morgan fingerprint density at radius 3 is 2.55 bits per heavy atom. The molecule has 0 amide bonds. The summed E-state index contributed by atoms with van der Waals surface area (Å²) >= 11 is 6.10. The number of nitrogens with one attached hydrogen (secondary N) is 1. The number of halogens is 1. The van der Waals surface area contributed by atoms with E-state index in [1.54, 1.807) is 4.31 Å². The number of rotatable bonds is 4. The average Bonchev–Trinajstić information content (AvgIpc) is 2.40. The van der Waals surface area contributed by atoms with Crippen molar-refractivity contribution in [3.63, 3.8) is 0 Å². The van der Waals surface area contributed by atoms with Gasteiger partial charge in [0, 0.05) is 30.7 Å². The highest BCUT2D eigenvalue weighted by atomic mass is 35.5. The summed E-state index contributed by atoms with van der Waals surface area (Å²) < 4.78 is 24.4. The van der Waals surface area contributed by atoms with Crippen LogP contribution in [0, 0.1) is 6.92 Å². The van der Waals surface area contributed by atoms with Crippen LogP contribution >= 0.6 is 11.6 Å². The molecular weight excluding hydrogens is 296 g/mol. The van der Waals surface area contributed by atoms with Gasteiger partial charge in [-0.25, -0.2) is 12.7 Å². The lowest BCUT2D eigenvalue weighted by molar-refractivity contribution is 0.290. The summed E-state index contributed by atoms with van der Waals surface area (Å²) in [6, 6.07) is 6.44. The van der Waals surface area contributed by atoms with E-state index in [1.807, 2.05) is 19.1 Å². The van der Waals surface area contributed by atoms with Gasteiger partial charge in [-0.05, 0) is 37.0 Å². The summed E-state index contributed by atoms with van der Waals surface area (Å²) in [4.78, 5) is 0. The molecule has 1 fully saturated rings. The molecule has 0 aliphatic carbocycles.